The Hall–Kier alpha value is -4.04. The quantitative estimate of drug-likeness (QED) is 0.345. The molecule has 1 saturated heterocycles. The first-order chi connectivity index (χ1) is 17.6. The van der Waals surface area contributed by atoms with Gasteiger partial charge in [0.2, 0.25) is 5.91 Å². The number of hydrogen-bond donors (Lipinski definition) is 1. The number of aromatic nitrogens is 4. The minimum Gasteiger partial charge on any atom is -0.486 e. The number of benzene rings is 1. The second-order valence-electron chi connectivity index (χ2n) is 8.56. The van der Waals surface area contributed by atoms with Crippen LogP contribution in [-0.4, -0.2) is 43.8 Å². The molecule has 5 rings (SSSR count). The van der Waals surface area contributed by atoms with Gasteiger partial charge in [0.05, 0.1) is 22.4 Å². The van der Waals surface area contributed by atoms with Crippen LogP contribution in [0.1, 0.15) is 30.1 Å². The Kier molecular flexibility index (Phi) is 7.04. The fraction of sp³-hybridized carbons (Fsp3) is 0.222. The molecule has 0 bridgehead atoms. The Labute approximate surface area is 214 Å². The number of piperidine rings is 1. The van der Waals surface area contributed by atoms with Crippen molar-refractivity contribution in [3.8, 4) is 5.75 Å². The fourth-order valence-electron chi connectivity index (χ4n) is 4.31. The highest BCUT2D eigenvalue weighted by Crippen LogP contribution is 2.32. The highest BCUT2D eigenvalue weighted by molar-refractivity contribution is 6.32. The van der Waals surface area contributed by atoms with Crippen molar-refractivity contribution >= 4 is 39.9 Å². The van der Waals surface area contributed by atoms with Crippen LogP contribution < -0.4 is 10.1 Å². The number of likely N-dealkylation sites (tertiary alicyclic amines) is 1. The molecule has 1 N–H and O–H groups in total. The van der Waals surface area contributed by atoms with E-state index in [-0.39, 0.29) is 11.8 Å². The number of fused-ring (bicyclic) bond motifs is 1. The van der Waals surface area contributed by atoms with Crippen LogP contribution in [0, 0.1) is 0 Å². The zero-order valence-electron chi connectivity index (χ0n) is 19.6. The molecular weight excluding hydrogens is 476 g/mol. The Morgan fingerprint density at radius 1 is 1.19 bits per heavy atom. The molecule has 0 radical (unpaired) electrons. The molecule has 4 aromatic rings. The van der Waals surface area contributed by atoms with Crippen molar-refractivity contribution in [2.45, 2.75) is 25.4 Å². The largest absolute Gasteiger partial charge is 0.486 e. The highest BCUT2D eigenvalue weighted by atomic mass is 35.5. The third kappa shape index (κ3) is 5.28. The molecule has 4 heterocycles. The van der Waals surface area contributed by atoms with Gasteiger partial charge < -0.3 is 15.0 Å². The molecule has 1 unspecified atom stereocenters. The summed E-state index contributed by atoms with van der Waals surface area (Å²) in [6.07, 6.45) is 8.24. The number of rotatable bonds is 7. The summed E-state index contributed by atoms with van der Waals surface area (Å²) in [5, 5.41) is 4.67. The van der Waals surface area contributed by atoms with E-state index in [1.807, 2.05) is 41.3 Å². The summed E-state index contributed by atoms with van der Waals surface area (Å²) < 4.78 is 5.82. The number of nitrogens with one attached hydrogen (secondary N) is 1. The van der Waals surface area contributed by atoms with Crippen molar-refractivity contribution in [3.63, 3.8) is 0 Å². The number of pyridine rings is 2. The van der Waals surface area contributed by atoms with E-state index in [0.717, 1.165) is 47.4 Å². The summed E-state index contributed by atoms with van der Waals surface area (Å²) in [6, 6.07) is 13.2. The van der Waals surface area contributed by atoms with Gasteiger partial charge >= 0.3 is 0 Å². The zero-order chi connectivity index (χ0) is 24.9. The minimum atomic E-state index is -0.0458. The normalized spacial score (nSPS) is 15.5. The number of carbonyl (C=O) groups is 1. The molecule has 0 aliphatic carbocycles. The van der Waals surface area contributed by atoms with E-state index in [2.05, 4.69) is 31.8 Å². The maximum atomic E-state index is 12.1. The standard InChI is InChI=1S/C27H25ClN6O2/c1-2-26(35)34-11-5-6-18(15-34)23-13-21-24(14-30-23)31-17-32-27(21)33-19-8-9-25(22(28)12-19)36-16-20-7-3-4-10-29-20/h2-4,7-10,12-14,17-18H,1,5-6,11,15-16H2,(H,31,32,33). The lowest BCUT2D eigenvalue weighted by Crippen LogP contribution is -2.38. The minimum absolute atomic E-state index is 0.0458. The summed E-state index contributed by atoms with van der Waals surface area (Å²) in [4.78, 5) is 31.7. The number of halogens is 1. The summed E-state index contributed by atoms with van der Waals surface area (Å²) in [6.45, 7) is 5.30. The molecule has 1 fully saturated rings. The molecule has 182 valence electrons. The first kappa shape index (κ1) is 23.7. The predicted molar refractivity (Wildman–Crippen MR) is 139 cm³/mol. The lowest BCUT2D eigenvalue weighted by Gasteiger charge is -2.31. The van der Waals surface area contributed by atoms with Crippen LogP contribution in [0.4, 0.5) is 11.5 Å². The molecule has 3 aromatic heterocycles. The number of carbonyl (C=O) groups excluding carboxylic acids is 1. The van der Waals surface area contributed by atoms with Crippen molar-refractivity contribution in [2.24, 2.45) is 0 Å². The van der Waals surface area contributed by atoms with E-state index in [1.165, 1.54) is 12.4 Å². The number of nitrogens with zero attached hydrogens (tertiary/aromatic N) is 5. The fourth-order valence-corrected chi connectivity index (χ4v) is 4.55. The molecule has 1 atom stereocenters. The number of hydrogen-bond acceptors (Lipinski definition) is 7. The van der Waals surface area contributed by atoms with Crippen LogP contribution in [-0.2, 0) is 11.4 Å². The van der Waals surface area contributed by atoms with Gasteiger partial charge in [0.25, 0.3) is 0 Å². The van der Waals surface area contributed by atoms with E-state index >= 15 is 0 Å². The smallest absolute Gasteiger partial charge is 0.245 e. The average molecular weight is 501 g/mol. The molecule has 1 amide bonds. The molecule has 36 heavy (non-hydrogen) atoms. The molecule has 0 saturated carbocycles. The summed E-state index contributed by atoms with van der Waals surface area (Å²) in [7, 11) is 0. The third-order valence-electron chi connectivity index (χ3n) is 6.17. The van der Waals surface area contributed by atoms with E-state index < -0.39 is 0 Å². The Morgan fingerprint density at radius 2 is 2.11 bits per heavy atom. The second kappa shape index (κ2) is 10.7. The molecule has 1 aliphatic heterocycles. The molecule has 1 aromatic carbocycles. The number of anilines is 2. The predicted octanol–water partition coefficient (Wildman–Crippen LogP) is 5.29. The second-order valence-corrected chi connectivity index (χ2v) is 8.96. The molecule has 9 heteroatoms. The van der Waals surface area contributed by atoms with Crippen LogP contribution in [0.25, 0.3) is 10.9 Å². The van der Waals surface area contributed by atoms with Crippen molar-refractivity contribution < 1.29 is 9.53 Å². The van der Waals surface area contributed by atoms with E-state index in [4.69, 9.17) is 16.3 Å². The Balaban J connectivity index is 1.35. The van der Waals surface area contributed by atoms with Gasteiger partial charge in [-0.2, -0.15) is 0 Å². The number of ether oxygens (including phenoxy) is 1. The maximum Gasteiger partial charge on any atom is 0.245 e. The van der Waals surface area contributed by atoms with Crippen LogP contribution in [0.5, 0.6) is 5.75 Å². The van der Waals surface area contributed by atoms with Gasteiger partial charge in [-0.1, -0.05) is 24.2 Å². The van der Waals surface area contributed by atoms with Gasteiger partial charge in [-0.05, 0) is 55.3 Å². The number of amides is 1. The van der Waals surface area contributed by atoms with Gasteiger partial charge in [-0.3, -0.25) is 14.8 Å². The van der Waals surface area contributed by atoms with Gasteiger partial charge in [0.1, 0.15) is 24.5 Å². The summed E-state index contributed by atoms with van der Waals surface area (Å²) in [5.41, 5.74) is 3.23. The first-order valence-electron chi connectivity index (χ1n) is 11.7. The van der Waals surface area contributed by atoms with Crippen molar-refractivity contribution in [1.29, 1.82) is 0 Å². The molecule has 0 spiro atoms. The van der Waals surface area contributed by atoms with Crippen LogP contribution in [0.2, 0.25) is 5.02 Å². The molecular formula is C27H25ClN6O2. The highest BCUT2D eigenvalue weighted by Gasteiger charge is 2.25. The average Bonchev–Trinajstić information content (AvgIpc) is 2.93. The third-order valence-corrected chi connectivity index (χ3v) is 6.46. The monoisotopic (exact) mass is 500 g/mol. The maximum absolute atomic E-state index is 12.1. The molecule has 8 nitrogen and oxygen atoms in total. The Morgan fingerprint density at radius 3 is 2.92 bits per heavy atom. The van der Waals surface area contributed by atoms with E-state index in [9.17, 15) is 4.79 Å². The first-order valence-corrected chi connectivity index (χ1v) is 12.1. The summed E-state index contributed by atoms with van der Waals surface area (Å²) >= 11 is 6.49. The van der Waals surface area contributed by atoms with Crippen LogP contribution in [0.3, 0.4) is 0 Å². The zero-order valence-corrected chi connectivity index (χ0v) is 20.4. The van der Waals surface area contributed by atoms with E-state index in [0.29, 0.717) is 29.7 Å². The van der Waals surface area contributed by atoms with Gasteiger partial charge in [-0.25, -0.2) is 9.97 Å². The van der Waals surface area contributed by atoms with Crippen LogP contribution >= 0.6 is 11.6 Å². The van der Waals surface area contributed by atoms with E-state index in [1.54, 1.807) is 18.5 Å². The van der Waals surface area contributed by atoms with Gasteiger partial charge in [0, 0.05) is 42.0 Å². The summed E-state index contributed by atoms with van der Waals surface area (Å²) in [5.74, 6) is 1.32. The van der Waals surface area contributed by atoms with Crippen LogP contribution in [0.15, 0.2) is 73.8 Å². The van der Waals surface area contributed by atoms with Gasteiger partial charge in [-0.15, -0.1) is 0 Å². The van der Waals surface area contributed by atoms with Gasteiger partial charge in [0.15, 0.2) is 0 Å². The lowest BCUT2D eigenvalue weighted by molar-refractivity contribution is -0.127. The molecule has 1 aliphatic rings. The van der Waals surface area contributed by atoms with Crippen molar-refractivity contribution in [1.82, 2.24) is 24.8 Å². The SMILES string of the molecule is C=CC(=O)N1CCCC(c2cc3c(Nc4ccc(OCc5ccccn5)c(Cl)c4)ncnc3cn2)C1. The van der Waals surface area contributed by atoms with Crippen molar-refractivity contribution in [2.75, 3.05) is 18.4 Å². The van der Waals surface area contributed by atoms with Crippen molar-refractivity contribution in [3.05, 3.63) is 90.3 Å². The topological polar surface area (TPSA) is 93.1 Å². The lowest BCUT2D eigenvalue weighted by atomic mass is 9.93. The Bertz CT molecular complexity index is 1400.